The Morgan fingerprint density at radius 3 is 2.16 bits per heavy atom. The highest BCUT2D eigenvalue weighted by atomic mass is 16.4. The van der Waals surface area contributed by atoms with Gasteiger partial charge in [-0.2, -0.15) is 0 Å². The minimum atomic E-state index is -0.709. The molecule has 0 aliphatic heterocycles. The lowest BCUT2D eigenvalue weighted by Crippen LogP contribution is -2.32. The molecular weight excluding hydrogens is 240 g/mol. The Hall–Kier alpha value is -1.35. The van der Waals surface area contributed by atoms with Gasteiger partial charge >= 0.3 is 5.97 Å². The van der Waals surface area contributed by atoms with Crippen LogP contribution < -0.4 is 0 Å². The van der Waals surface area contributed by atoms with Crippen LogP contribution in [0.1, 0.15) is 50.7 Å². The van der Waals surface area contributed by atoms with Crippen LogP contribution in [0.3, 0.4) is 0 Å². The normalized spacial score (nSPS) is 18.5. The van der Waals surface area contributed by atoms with Crippen LogP contribution in [-0.2, 0) is 15.6 Å². The number of benzene rings is 1. The Bertz CT molecular complexity index is 453. The fourth-order valence-electron chi connectivity index (χ4n) is 2.94. The van der Waals surface area contributed by atoms with Crippen molar-refractivity contribution in [3.63, 3.8) is 0 Å². The first kappa shape index (κ1) is 14.1. The van der Waals surface area contributed by atoms with E-state index in [9.17, 15) is 15.0 Å². The molecule has 2 N–H and O–H groups in total. The van der Waals surface area contributed by atoms with Gasteiger partial charge < -0.3 is 10.2 Å². The van der Waals surface area contributed by atoms with Crippen molar-refractivity contribution in [2.45, 2.75) is 50.4 Å². The number of hydrogen-bond donors (Lipinski definition) is 2. The summed E-state index contributed by atoms with van der Waals surface area (Å²) < 4.78 is 0. The molecular formula is C16H22O3. The van der Waals surface area contributed by atoms with E-state index in [4.69, 9.17) is 0 Å². The largest absolute Gasteiger partial charge is 0.481 e. The molecule has 104 valence electrons. The lowest BCUT2D eigenvalue weighted by atomic mass is 9.77. The summed E-state index contributed by atoms with van der Waals surface area (Å²) in [7, 11) is 0. The van der Waals surface area contributed by atoms with Crippen molar-refractivity contribution in [1.29, 1.82) is 0 Å². The molecule has 0 atom stereocenters. The number of hydrogen-bond acceptors (Lipinski definition) is 2. The summed E-state index contributed by atoms with van der Waals surface area (Å²) in [6.07, 6.45) is 3.42. The third-order valence-corrected chi connectivity index (χ3v) is 4.48. The molecule has 0 amide bonds. The molecule has 0 radical (unpaired) electrons. The first-order valence-electron chi connectivity index (χ1n) is 6.88. The summed E-state index contributed by atoms with van der Waals surface area (Å²) in [4.78, 5) is 11.6. The molecule has 3 heteroatoms. The Labute approximate surface area is 114 Å². The van der Waals surface area contributed by atoms with E-state index in [1.807, 2.05) is 38.1 Å². The highest BCUT2D eigenvalue weighted by Gasteiger charge is 2.42. The number of rotatable bonds is 4. The summed E-state index contributed by atoms with van der Waals surface area (Å²) in [6, 6.07) is 7.75. The molecule has 2 rings (SSSR count). The number of aliphatic hydroxyl groups excluding tert-OH is 1. The van der Waals surface area contributed by atoms with Gasteiger partial charge in [-0.1, -0.05) is 51.0 Å². The van der Waals surface area contributed by atoms with Gasteiger partial charge in [-0.25, -0.2) is 0 Å². The topological polar surface area (TPSA) is 57.5 Å². The first-order valence-corrected chi connectivity index (χ1v) is 6.88. The smallest absolute Gasteiger partial charge is 0.314 e. The van der Waals surface area contributed by atoms with Crippen LogP contribution in [0.2, 0.25) is 0 Å². The maximum atomic E-state index is 11.6. The van der Waals surface area contributed by atoms with E-state index >= 15 is 0 Å². The fraction of sp³-hybridized carbons (Fsp3) is 0.562. The van der Waals surface area contributed by atoms with Crippen molar-refractivity contribution in [2.24, 2.45) is 0 Å². The second-order valence-corrected chi connectivity index (χ2v) is 6.21. The maximum absolute atomic E-state index is 11.6. The highest BCUT2D eigenvalue weighted by Crippen LogP contribution is 2.41. The standard InChI is InChI=1S/C16H22O3/c1-15(2,11-17)12-5-7-13(8-6-12)16(14(18)19)9-3-4-10-16/h5-8,17H,3-4,9-11H2,1-2H3,(H,18,19). The Morgan fingerprint density at radius 2 is 1.74 bits per heavy atom. The van der Waals surface area contributed by atoms with Gasteiger partial charge in [-0.05, 0) is 24.0 Å². The van der Waals surface area contributed by atoms with Crippen LogP contribution in [-0.4, -0.2) is 22.8 Å². The summed E-state index contributed by atoms with van der Waals surface area (Å²) in [5.41, 5.74) is 0.958. The quantitative estimate of drug-likeness (QED) is 0.877. The van der Waals surface area contributed by atoms with E-state index in [1.54, 1.807) is 0 Å². The first-order chi connectivity index (χ1) is 8.92. The van der Waals surface area contributed by atoms with Crippen molar-refractivity contribution in [3.8, 4) is 0 Å². The Balaban J connectivity index is 2.34. The minimum Gasteiger partial charge on any atom is -0.481 e. The summed E-state index contributed by atoms with van der Waals surface area (Å²) in [6.45, 7) is 4.03. The van der Waals surface area contributed by atoms with Gasteiger partial charge in [-0.3, -0.25) is 4.79 Å². The van der Waals surface area contributed by atoms with Crippen molar-refractivity contribution in [3.05, 3.63) is 35.4 Å². The highest BCUT2D eigenvalue weighted by molar-refractivity contribution is 5.81. The van der Waals surface area contributed by atoms with E-state index in [-0.39, 0.29) is 12.0 Å². The van der Waals surface area contributed by atoms with Crippen LogP contribution in [0.15, 0.2) is 24.3 Å². The monoisotopic (exact) mass is 262 g/mol. The molecule has 0 saturated heterocycles. The summed E-state index contributed by atoms with van der Waals surface area (Å²) in [5.74, 6) is -0.709. The summed E-state index contributed by atoms with van der Waals surface area (Å²) >= 11 is 0. The van der Waals surface area contributed by atoms with E-state index in [0.29, 0.717) is 0 Å². The molecule has 0 aromatic heterocycles. The molecule has 1 aromatic rings. The zero-order valence-electron chi connectivity index (χ0n) is 11.6. The zero-order chi connectivity index (χ0) is 14.1. The average molecular weight is 262 g/mol. The fourth-order valence-corrected chi connectivity index (χ4v) is 2.94. The Morgan fingerprint density at radius 1 is 1.21 bits per heavy atom. The molecule has 0 bridgehead atoms. The van der Waals surface area contributed by atoms with Gasteiger partial charge in [0, 0.05) is 5.41 Å². The molecule has 0 heterocycles. The van der Waals surface area contributed by atoms with Crippen LogP contribution in [0, 0.1) is 0 Å². The third kappa shape index (κ3) is 2.39. The molecule has 1 aliphatic carbocycles. The van der Waals surface area contributed by atoms with Gasteiger partial charge in [0.2, 0.25) is 0 Å². The molecule has 1 fully saturated rings. The molecule has 0 unspecified atom stereocenters. The van der Waals surface area contributed by atoms with Crippen LogP contribution in [0.25, 0.3) is 0 Å². The molecule has 1 aromatic carbocycles. The third-order valence-electron chi connectivity index (χ3n) is 4.48. The van der Waals surface area contributed by atoms with E-state index in [1.165, 1.54) is 0 Å². The number of aliphatic carboxylic acids is 1. The second-order valence-electron chi connectivity index (χ2n) is 6.21. The predicted octanol–water partition coefficient (Wildman–Crippen LogP) is 2.85. The second kappa shape index (κ2) is 4.97. The van der Waals surface area contributed by atoms with Crippen molar-refractivity contribution in [1.82, 2.24) is 0 Å². The summed E-state index contributed by atoms with van der Waals surface area (Å²) in [5, 5.41) is 18.9. The van der Waals surface area contributed by atoms with Crippen molar-refractivity contribution >= 4 is 5.97 Å². The number of carboxylic acid groups (broad SMARTS) is 1. The molecule has 19 heavy (non-hydrogen) atoms. The molecule has 3 nitrogen and oxygen atoms in total. The lowest BCUT2D eigenvalue weighted by molar-refractivity contribution is -0.143. The van der Waals surface area contributed by atoms with Crippen molar-refractivity contribution < 1.29 is 15.0 Å². The number of carboxylic acids is 1. The van der Waals surface area contributed by atoms with Gasteiger partial charge in [0.05, 0.1) is 12.0 Å². The number of aliphatic hydroxyl groups is 1. The van der Waals surface area contributed by atoms with Crippen LogP contribution in [0.5, 0.6) is 0 Å². The van der Waals surface area contributed by atoms with E-state index < -0.39 is 11.4 Å². The van der Waals surface area contributed by atoms with Gasteiger partial charge in [0.15, 0.2) is 0 Å². The van der Waals surface area contributed by atoms with Gasteiger partial charge in [0.25, 0.3) is 0 Å². The Kier molecular flexibility index (Phi) is 3.68. The van der Waals surface area contributed by atoms with E-state index in [2.05, 4.69) is 0 Å². The van der Waals surface area contributed by atoms with Crippen LogP contribution >= 0.6 is 0 Å². The number of carbonyl (C=O) groups is 1. The molecule has 1 aliphatic rings. The SMILES string of the molecule is CC(C)(CO)c1ccc(C2(C(=O)O)CCCC2)cc1. The van der Waals surface area contributed by atoms with Crippen LogP contribution in [0.4, 0.5) is 0 Å². The molecule has 1 saturated carbocycles. The van der Waals surface area contributed by atoms with Gasteiger partial charge in [-0.15, -0.1) is 0 Å². The molecule has 0 spiro atoms. The average Bonchev–Trinajstić information content (AvgIpc) is 2.89. The lowest BCUT2D eigenvalue weighted by Gasteiger charge is -2.27. The zero-order valence-corrected chi connectivity index (χ0v) is 11.6. The van der Waals surface area contributed by atoms with Crippen molar-refractivity contribution in [2.75, 3.05) is 6.61 Å². The predicted molar refractivity (Wildman–Crippen MR) is 74.3 cm³/mol. The minimum absolute atomic E-state index is 0.0798. The van der Waals surface area contributed by atoms with Gasteiger partial charge in [0.1, 0.15) is 0 Å². The maximum Gasteiger partial charge on any atom is 0.314 e. The van der Waals surface area contributed by atoms with E-state index in [0.717, 1.165) is 36.8 Å².